The molecule has 6 atom stereocenters. The Morgan fingerprint density at radius 3 is 1.36 bits per heavy atom. The van der Waals surface area contributed by atoms with Crippen LogP contribution >= 0.6 is 0 Å². The summed E-state index contributed by atoms with van der Waals surface area (Å²) in [5.74, 6) is -0.931. The normalized spacial score (nSPS) is 33.1. The summed E-state index contributed by atoms with van der Waals surface area (Å²) in [7, 11) is -7.32. The molecule has 3 aliphatic heterocycles. The van der Waals surface area contributed by atoms with Crippen molar-refractivity contribution in [1.82, 2.24) is 8.61 Å². The molecular formula is C23H28N2O6S2. The van der Waals surface area contributed by atoms with Gasteiger partial charge in [0.05, 0.1) is 21.9 Å². The van der Waals surface area contributed by atoms with Gasteiger partial charge in [0, 0.05) is 13.1 Å². The second kappa shape index (κ2) is 7.59. The molecule has 10 heteroatoms. The fourth-order valence-electron chi connectivity index (χ4n) is 4.47. The summed E-state index contributed by atoms with van der Waals surface area (Å²) in [6, 6.07) is 12.7. The molecule has 178 valence electrons. The van der Waals surface area contributed by atoms with E-state index in [-0.39, 0.29) is 9.79 Å². The van der Waals surface area contributed by atoms with Crippen molar-refractivity contribution in [2.24, 2.45) is 0 Å². The highest BCUT2D eigenvalue weighted by atomic mass is 32.2. The summed E-state index contributed by atoms with van der Waals surface area (Å²) in [5, 5.41) is 0. The molecule has 8 nitrogen and oxygen atoms in total. The average Bonchev–Trinajstić information content (AvgIpc) is 3.65. The zero-order valence-electron chi connectivity index (χ0n) is 19.0. The third kappa shape index (κ3) is 4.13. The van der Waals surface area contributed by atoms with Crippen molar-refractivity contribution in [3.8, 4) is 0 Å². The van der Waals surface area contributed by atoms with E-state index < -0.39 is 50.1 Å². The largest absolute Gasteiger partial charge is 0.343 e. The van der Waals surface area contributed by atoms with E-state index in [0.717, 1.165) is 11.1 Å². The molecule has 3 fully saturated rings. The molecule has 5 rings (SSSR count). The first-order valence-corrected chi connectivity index (χ1v) is 13.8. The lowest BCUT2D eigenvalue weighted by atomic mass is 10.1. The molecule has 0 aromatic heterocycles. The average molecular weight is 493 g/mol. The first-order valence-electron chi connectivity index (χ1n) is 10.9. The summed E-state index contributed by atoms with van der Waals surface area (Å²) in [5.41, 5.74) is 1.96. The van der Waals surface area contributed by atoms with E-state index in [2.05, 4.69) is 0 Å². The Morgan fingerprint density at radius 1 is 0.697 bits per heavy atom. The molecule has 3 heterocycles. The first-order chi connectivity index (χ1) is 15.4. The van der Waals surface area contributed by atoms with Crippen LogP contribution in [0.15, 0.2) is 58.3 Å². The Labute approximate surface area is 195 Å². The van der Waals surface area contributed by atoms with Gasteiger partial charge < -0.3 is 9.47 Å². The fourth-order valence-corrected chi connectivity index (χ4v) is 7.62. The van der Waals surface area contributed by atoms with Crippen LogP contribution < -0.4 is 0 Å². The van der Waals surface area contributed by atoms with Gasteiger partial charge in [0.1, 0.15) is 12.2 Å². The summed E-state index contributed by atoms with van der Waals surface area (Å²) in [6.45, 7) is 7.96. The van der Waals surface area contributed by atoms with E-state index >= 15 is 0 Å². The van der Waals surface area contributed by atoms with Crippen molar-refractivity contribution in [2.45, 2.75) is 67.6 Å². The number of rotatable bonds is 6. The van der Waals surface area contributed by atoms with Crippen LogP contribution in [0.3, 0.4) is 0 Å². The Balaban J connectivity index is 1.35. The summed E-state index contributed by atoms with van der Waals surface area (Å²) < 4.78 is 67.4. The Morgan fingerprint density at radius 2 is 1.03 bits per heavy atom. The van der Waals surface area contributed by atoms with E-state index in [1.54, 1.807) is 62.4 Å². The Bertz CT molecular complexity index is 1170. The topological polar surface area (TPSA) is 92.8 Å². The molecular weight excluding hydrogens is 464 g/mol. The number of aryl methyl sites for hydroxylation is 2. The molecule has 33 heavy (non-hydrogen) atoms. The molecule has 3 saturated heterocycles. The zero-order valence-corrected chi connectivity index (χ0v) is 20.6. The van der Waals surface area contributed by atoms with Gasteiger partial charge in [-0.3, -0.25) is 0 Å². The number of benzene rings is 2. The van der Waals surface area contributed by atoms with Gasteiger partial charge in [-0.25, -0.2) is 16.8 Å². The van der Waals surface area contributed by atoms with E-state index in [1.165, 1.54) is 8.61 Å². The summed E-state index contributed by atoms with van der Waals surface area (Å²) in [4.78, 5) is 0.473. The number of nitrogens with zero attached hydrogens (tertiary/aromatic N) is 2. The van der Waals surface area contributed by atoms with E-state index in [0.29, 0.717) is 13.1 Å². The van der Waals surface area contributed by atoms with Crippen LogP contribution in [0.25, 0.3) is 0 Å². The second-order valence-corrected chi connectivity index (χ2v) is 13.3. The lowest BCUT2D eigenvalue weighted by molar-refractivity contribution is -0.146. The summed E-state index contributed by atoms with van der Waals surface area (Å²) >= 11 is 0. The minimum absolute atomic E-state index is 0.236. The zero-order chi connectivity index (χ0) is 23.8. The smallest absolute Gasteiger partial charge is 0.243 e. The van der Waals surface area contributed by atoms with Crippen LogP contribution in [0.4, 0.5) is 0 Å². The number of hydrogen-bond donors (Lipinski definition) is 0. The van der Waals surface area contributed by atoms with Crippen LogP contribution in [0.1, 0.15) is 25.0 Å². The molecule has 0 N–H and O–H groups in total. The van der Waals surface area contributed by atoms with Crippen molar-refractivity contribution in [2.75, 3.05) is 13.1 Å². The van der Waals surface area contributed by atoms with Crippen LogP contribution in [0.5, 0.6) is 0 Å². The highest BCUT2D eigenvalue weighted by Gasteiger charge is 2.63. The van der Waals surface area contributed by atoms with Crippen molar-refractivity contribution in [1.29, 1.82) is 0 Å². The van der Waals surface area contributed by atoms with Gasteiger partial charge in [-0.2, -0.15) is 8.61 Å². The number of hydrogen-bond acceptors (Lipinski definition) is 6. The van der Waals surface area contributed by atoms with E-state index in [1.807, 2.05) is 13.8 Å². The maximum absolute atomic E-state index is 13.1. The van der Waals surface area contributed by atoms with Crippen LogP contribution in [0.2, 0.25) is 0 Å². The molecule has 0 saturated carbocycles. The third-order valence-electron chi connectivity index (χ3n) is 6.38. The van der Waals surface area contributed by atoms with E-state index in [9.17, 15) is 16.8 Å². The number of sulfonamides is 2. The Hall–Kier alpha value is -1.82. The molecule has 3 aliphatic rings. The van der Waals surface area contributed by atoms with Crippen molar-refractivity contribution in [3.63, 3.8) is 0 Å². The van der Waals surface area contributed by atoms with Crippen molar-refractivity contribution < 1.29 is 26.3 Å². The van der Waals surface area contributed by atoms with Crippen LogP contribution in [-0.4, -0.2) is 68.6 Å². The van der Waals surface area contributed by atoms with Gasteiger partial charge in [0.2, 0.25) is 20.0 Å². The third-order valence-corrected chi connectivity index (χ3v) is 10.2. The predicted octanol–water partition coefficient (Wildman–Crippen LogP) is 2.27. The molecule has 2 aromatic carbocycles. The first kappa shape index (κ1) is 22.9. The lowest BCUT2D eigenvalue weighted by Gasteiger charge is -2.17. The van der Waals surface area contributed by atoms with Gasteiger partial charge >= 0.3 is 0 Å². The maximum Gasteiger partial charge on any atom is 0.243 e. The van der Waals surface area contributed by atoms with Crippen LogP contribution in [0, 0.1) is 13.8 Å². The van der Waals surface area contributed by atoms with Gasteiger partial charge in [0.25, 0.3) is 0 Å². The minimum atomic E-state index is -3.66. The Kier molecular flexibility index (Phi) is 5.28. The van der Waals surface area contributed by atoms with Gasteiger partial charge in [-0.1, -0.05) is 35.4 Å². The minimum Gasteiger partial charge on any atom is -0.343 e. The number of ether oxygens (including phenoxy) is 2. The molecule has 0 radical (unpaired) electrons. The van der Waals surface area contributed by atoms with Gasteiger partial charge in [-0.05, 0) is 52.0 Å². The van der Waals surface area contributed by atoms with Gasteiger partial charge in [-0.15, -0.1) is 0 Å². The highest BCUT2D eigenvalue weighted by Crippen LogP contribution is 2.45. The molecule has 2 aromatic rings. The van der Waals surface area contributed by atoms with Crippen molar-refractivity contribution >= 4 is 20.0 Å². The molecule has 0 bridgehead atoms. The monoisotopic (exact) mass is 492 g/mol. The SMILES string of the molecule is Cc1ccc(S(=O)(=O)N2C[C@H]2[C@H]2OC(C)(C)O[C@@H]2[C@@H]2CN2S(=O)(=O)c2ccc(C)cc2)cc1. The highest BCUT2D eigenvalue weighted by molar-refractivity contribution is 7.89. The molecule has 0 spiro atoms. The van der Waals surface area contributed by atoms with E-state index in [4.69, 9.17) is 9.47 Å². The van der Waals surface area contributed by atoms with Gasteiger partial charge in [0.15, 0.2) is 5.79 Å². The maximum atomic E-state index is 13.1. The standard InChI is InChI=1S/C23H28N2O6S2/c1-15-5-9-17(10-6-15)32(26,27)24-13-19(24)21-22(31-23(3,4)30-21)20-14-25(20)33(28,29)18-11-7-16(2)8-12-18/h5-12,19-22H,13-14H2,1-4H3/t19-,20-,21+,22+,24?,25?/m0/s1. The molecule has 0 aliphatic carbocycles. The quantitative estimate of drug-likeness (QED) is 0.575. The summed E-state index contributed by atoms with van der Waals surface area (Å²) in [6.07, 6.45) is -1.10. The molecule has 0 amide bonds. The second-order valence-electron chi connectivity index (χ2n) is 9.48. The van der Waals surface area contributed by atoms with Crippen molar-refractivity contribution in [3.05, 3.63) is 59.7 Å². The predicted molar refractivity (Wildman–Crippen MR) is 122 cm³/mol. The lowest BCUT2D eigenvalue weighted by Crippen LogP contribution is -2.37. The van der Waals surface area contributed by atoms with Crippen LogP contribution in [-0.2, 0) is 29.5 Å². The fraction of sp³-hybridized carbons (Fsp3) is 0.478. The molecule has 2 unspecified atom stereocenters.